The zero-order valence-electron chi connectivity index (χ0n) is 12.3. The van der Waals surface area contributed by atoms with E-state index < -0.39 is 0 Å². The highest BCUT2D eigenvalue weighted by molar-refractivity contribution is 9.10. The Morgan fingerprint density at radius 3 is 2.78 bits per heavy atom. The summed E-state index contributed by atoms with van der Waals surface area (Å²) in [6, 6.07) is 14.9. The first-order valence-electron chi connectivity index (χ1n) is 7.15. The lowest BCUT2D eigenvalue weighted by atomic mass is 10.2. The van der Waals surface area contributed by atoms with Crippen LogP contribution in [0.1, 0.15) is 16.2 Å². The molecule has 2 aromatic carbocycles. The molecule has 5 heteroatoms. The third-order valence-corrected chi connectivity index (χ3v) is 4.62. The van der Waals surface area contributed by atoms with Gasteiger partial charge in [0, 0.05) is 26.6 Å². The average molecular weight is 369 g/mol. The Morgan fingerprint density at radius 2 is 2.00 bits per heavy atom. The summed E-state index contributed by atoms with van der Waals surface area (Å²) in [5.41, 5.74) is 8.84. The highest BCUT2D eigenvalue weighted by Crippen LogP contribution is 2.29. The molecule has 0 amide bonds. The summed E-state index contributed by atoms with van der Waals surface area (Å²) in [4.78, 5) is 12.9. The van der Waals surface area contributed by atoms with Gasteiger partial charge in [0.2, 0.25) is 0 Å². The van der Waals surface area contributed by atoms with Crippen molar-refractivity contribution in [3.05, 3.63) is 64.5 Å². The summed E-state index contributed by atoms with van der Waals surface area (Å²) in [7, 11) is 0. The van der Waals surface area contributed by atoms with Crippen molar-refractivity contribution in [2.45, 2.75) is 6.92 Å². The van der Waals surface area contributed by atoms with Crippen molar-refractivity contribution in [1.82, 2.24) is 4.57 Å². The Balaban J connectivity index is 1.91. The summed E-state index contributed by atoms with van der Waals surface area (Å²) in [6.07, 6.45) is 0. The van der Waals surface area contributed by atoms with Gasteiger partial charge in [0.05, 0.1) is 5.52 Å². The van der Waals surface area contributed by atoms with Gasteiger partial charge in [0.1, 0.15) is 5.58 Å². The number of nitrogens with zero attached hydrogens (tertiary/aromatic N) is 1. The summed E-state index contributed by atoms with van der Waals surface area (Å²) in [6.45, 7) is 1.90. The third-order valence-electron chi connectivity index (χ3n) is 3.93. The van der Waals surface area contributed by atoms with Crippen LogP contribution in [0, 0.1) is 6.92 Å². The largest absolute Gasteiger partial charge is 0.451 e. The first-order valence-corrected chi connectivity index (χ1v) is 7.94. The van der Waals surface area contributed by atoms with E-state index in [0.29, 0.717) is 17.0 Å². The van der Waals surface area contributed by atoms with E-state index in [2.05, 4.69) is 15.9 Å². The van der Waals surface area contributed by atoms with E-state index in [4.69, 9.17) is 10.2 Å². The number of nitrogens with two attached hydrogens (primary N) is 1. The van der Waals surface area contributed by atoms with Crippen LogP contribution in [0.15, 0.2) is 57.4 Å². The van der Waals surface area contributed by atoms with Crippen molar-refractivity contribution >= 4 is 49.4 Å². The number of halogens is 1. The zero-order chi connectivity index (χ0) is 16.1. The number of aryl methyl sites for hydroxylation is 1. The fourth-order valence-corrected chi connectivity index (χ4v) is 3.34. The number of benzene rings is 2. The van der Waals surface area contributed by atoms with Crippen LogP contribution >= 0.6 is 15.9 Å². The Labute approximate surface area is 140 Å². The van der Waals surface area contributed by atoms with E-state index >= 15 is 0 Å². The maximum atomic E-state index is 12.9. The van der Waals surface area contributed by atoms with Gasteiger partial charge in [-0.1, -0.05) is 22.0 Å². The number of anilines is 1. The van der Waals surface area contributed by atoms with E-state index in [-0.39, 0.29) is 5.91 Å². The summed E-state index contributed by atoms with van der Waals surface area (Å²) >= 11 is 3.48. The molecule has 4 aromatic rings. The van der Waals surface area contributed by atoms with E-state index in [1.54, 1.807) is 16.7 Å². The molecule has 2 aromatic heterocycles. The SMILES string of the molecule is Cc1cc2cc(N)ccc2n1C(=O)c1cc2c(Br)cccc2o1. The summed E-state index contributed by atoms with van der Waals surface area (Å²) in [5.74, 6) is 0.120. The van der Waals surface area contributed by atoms with Crippen LogP contribution in [0.4, 0.5) is 5.69 Å². The van der Waals surface area contributed by atoms with Crippen molar-refractivity contribution in [1.29, 1.82) is 0 Å². The van der Waals surface area contributed by atoms with Gasteiger partial charge in [-0.25, -0.2) is 0 Å². The number of nitrogen functional groups attached to an aromatic ring is 1. The molecular weight excluding hydrogens is 356 g/mol. The quantitative estimate of drug-likeness (QED) is 0.494. The van der Waals surface area contributed by atoms with E-state index in [0.717, 1.165) is 26.5 Å². The molecule has 0 bridgehead atoms. The van der Waals surface area contributed by atoms with Gasteiger partial charge in [0.15, 0.2) is 5.76 Å². The van der Waals surface area contributed by atoms with Gasteiger partial charge in [-0.15, -0.1) is 0 Å². The molecule has 0 radical (unpaired) electrons. The van der Waals surface area contributed by atoms with Gasteiger partial charge < -0.3 is 10.2 Å². The molecule has 0 aliphatic heterocycles. The lowest BCUT2D eigenvalue weighted by molar-refractivity contribution is 0.0938. The van der Waals surface area contributed by atoms with Gasteiger partial charge in [0.25, 0.3) is 5.91 Å². The second-order valence-electron chi connectivity index (χ2n) is 5.51. The smallest absolute Gasteiger partial charge is 0.298 e. The number of carbonyl (C=O) groups is 1. The second-order valence-corrected chi connectivity index (χ2v) is 6.36. The van der Waals surface area contributed by atoms with Crippen molar-refractivity contribution in [3.8, 4) is 0 Å². The fourth-order valence-electron chi connectivity index (χ4n) is 2.88. The topological polar surface area (TPSA) is 61.2 Å². The molecule has 4 rings (SSSR count). The van der Waals surface area contributed by atoms with Crippen LogP contribution in [-0.4, -0.2) is 10.5 Å². The molecule has 0 aliphatic carbocycles. The van der Waals surface area contributed by atoms with Gasteiger partial charge in [-0.2, -0.15) is 0 Å². The molecule has 0 saturated heterocycles. The Bertz CT molecular complexity index is 1080. The maximum Gasteiger partial charge on any atom is 0.298 e. The Kier molecular flexibility index (Phi) is 3.06. The van der Waals surface area contributed by atoms with E-state index in [1.807, 2.05) is 43.3 Å². The number of hydrogen-bond acceptors (Lipinski definition) is 3. The molecule has 114 valence electrons. The molecule has 0 aliphatic rings. The van der Waals surface area contributed by atoms with Gasteiger partial charge >= 0.3 is 0 Å². The summed E-state index contributed by atoms with van der Waals surface area (Å²) < 4.78 is 8.29. The average Bonchev–Trinajstić information content (AvgIpc) is 3.07. The Hall–Kier alpha value is -2.53. The molecule has 0 fully saturated rings. The van der Waals surface area contributed by atoms with Crippen LogP contribution in [0.25, 0.3) is 21.9 Å². The number of hydrogen-bond donors (Lipinski definition) is 1. The highest BCUT2D eigenvalue weighted by atomic mass is 79.9. The predicted molar refractivity (Wildman–Crippen MR) is 94.7 cm³/mol. The third kappa shape index (κ3) is 2.16. The minimum atomic E-state index is -0.189. The molecule has 0 atom stereocenters. The standard InChI is InChI=1S/C18H13BrN2O2/c1-10-7-11-8-12(20)5-6-15(11)21(10)18(22)17-9-13-14(19)3-2-4-16(13)23-17/h2-9H,20H2,1H3. The van der Waals surface area contributed by atoms with Gasteiger partial charge in [-0.3, -0.25) is 9.36 Å². The summed E-state index contributed by atoms with van der Waals surface area (Å²) in [5, 5.41) is 1.82. The van der Waals surface area contributed by atoms with Crippen LogP contribution in [0.5, 0.6) is 0 Å². The number of carbonyl (C=O) groups excluding carboxylic acids is 1. The molecule has 0 unspecified atom stereocenters. The van der Waals surface area contributed by atoms with E-state index in [9.17, 15) is 4.79 Å². The van der Waals surface area contributed by atoms with Gasteiger partial charge in [-0.05, 0) is 49.4 Å². The zero-order valence-corrected chi connectivity index (χ0v) is 13.9. The van der Waals surface area contributed by atoms with Crippen molar-refractivity contribution < 1.29 is 9.21 Å². The molecule has 2 N–H and O–H groups in total. The minimum absolute atomic E-state index is 0.189. The number of furan rings is 1. The number of fused-ring (bicyclic) bond motifs is 2. The van der Waals surface area contributed by atoms with Crippen molar-refractivity contribution in [3.63, 3.8) is 0 Å². The molecule has 2 heterocycles. The van der Waals surface area contributed by atoms with Crippen molar-refractivity contribution in [2.24, 2.45) is 0 Å². The number of rotatable bonds is 1. The van der Waals surface area contributed by atoms with Crippen LogP contribution < -0.4 is 5.73 Å². The lowest BCUT2D eigenvalue weighted by Crippen LogP contribution is -2.12. The Morgan fingerprint density at radius 1 is 1.17 bits per heavy atom. The first-order chi connectivity index (χ1) is 11.0. The lowest BCUT2D eigenvalue weighted by Gasteiger charge is -2.04. The van der Waals surface area contributed by atoms with Crippen molar-refractivity contribution in [2.75, 3.05) is 5.73 Å². The molecule has 4 nitrogen and oxygen atoms in total. The number of aromatic nitrogens is 1. The first kappa shape index (κ1) is 14.1. The monoisotopic (exact) mass is 368 g/mol. The fraction of sp³-hybridized carbons (Fsp3) is 0.0556. The maximum absolute atomic E-state index is 12.9. The molecule has 0 saturated carbocycles. The highest BCUT2D eigenvalue weighted by Gasteiger charge is 2.19. The normalized spacial score (nSPS) is 11.4. The van der Waals surface area contributed by atoms with E-state index in [1.165, 1.54) is 0 Å². The second kappa shape index (κ2) is 4.99. The van der Waals surface area contributed by atoms with Crippen LogP contribution in [0.3, 0.4) is 0 Å². The molecule has 23 heavy (non-hydrogen) atoms. The molecule has 0 spiro atoms. The predicted octanol–water partition coefficient (Wildman–Crippen LogP) is 4.73. The van der Waals surface area contributed by atoms with Crippen LogP contribution in [0.2, 0.25) is 0 Å². The molecular formula is C18H13BrN2O2. The van der Waals surface area contributed by atoms with Crippen LogP contribution in [-0.2, 0) is 0 Å². The minimum Gasteiger partial charge on any atom is -0.451 e.